The molecule has 0 amide bonds. The quantitative estimate of drug-likeness (QED) is 0.518. The molecule has 0 saturated heterocycles. The summed E-state index contributed by atoms with van der Waals surface area (Å²) in [6.07, 6.45) is -4.46. The van der Waals surface area contributed by atoms with Gasteiger partial charge < -0.3 is 5.32 Å². The molecule has 0 aliphatic rings. The van der Waals surface area contributed by atoms with Gasteiger partial charge in [-0.1, -0.05) is 12.1 Å². The van der Waals surface area contributed by atoms with E-state index in [1.807, 2.05) is 0 Å². The minimum atomic E-state index is -4.46. The Labute approximate surface area is 122 Å². The number of nitrogens with one attached hydrogen (secondary N) is 1. The van der Waals surface area contributed by atoms with Gasteiger partial charge in [-0.3, -0.25) is 10.1 Å². The lowest BCUT2D eigenvalue weighted by atomic mass is 10.1. The Balaban J connectivity index is 2.19. The third-order valence-corrected chi connectivity index (χ3v) is 2.89. The van der Waals surface area contributed by atoms with Crippen LogP contribution in [0.15, 0.2) is 42.5 Å². The Hall–Kier alpha value is -2.64. The van der Waals surface area contributed by atoms with Gasteiger partial charge in [-0.15, -0.1) is 0 Å². The topological polar surface area (TPSA) is 55.2 Å². The van der Waals surface area contributed by atoms with E-state index in [2.05, 4.69) is 5.32 Å². The lowest BCUT2D eigenvalue weighted by molar-refractivity contribution is -0.384. The van der Waals surface area contributed by atoms with E-state index < -0.39 is 28.2 Å². The Morgan fingerprint density at radius 1 is 1.14 bits per heavy atom. The molecular formula is C14H10F4N2O2. The first-order valence-electron chi connectivity index (χ1n) is 6.11. The van der Waals surface area contributed by atoms with Crippen LogP contribution in [-0.2, 0) is 12.7 Å². The third kappa shape index (κ3) is 3.72. The van der Waals surface area contributed by atoms with Gasteiger partial charge in [0, 0.05) is 6.54 Å². The second-order valence-corrected chi connectivity index (χ2v) is 4.47. The first-order valence-corrected chi connectivity index (χ1v) is 6.11. The molecule has 0 spiro atoms. The highest BCUT2D eigenvalue weighted by Gasteiger charge is 2.30. The minimum Gasteiger partial charge on any atom is -0.375 e. The number of rotatable bonds is 4. The van der Waals surface area contributed by atoms with E-state index in [4.69, 9.17) is 0 Å². The summed E-state index contributed by atoms with van der Waals surface area (Å²) in [6.45, 7) is -0.0591. The molecule has 0 bridgehead atoms. The predicted octanol–water partition coefficient (Wildman–Crippen LogP) is 4.36. The second-order valence-electron chi connectivity index (χ2n) is 4.47. The molecule has 0 saturated carbocycles. The standard InChI is InChI=1S/C14H10F4N2O2/c15-11-4-5-12(13(7-11)20(21)22)19-8-9-2-1-3-10(6-9)14(16,17)18/h1-7,19H,8H2. The number of halogens is 4. The summed E-state index contributed by atoms with van der Waals surface area (Å²) in [4.78, 5) is 10.1. The van der Waals surface area contributed by atoms with E-state index in [1.165, 1.54) is 18.2 Å². The molecule has 0 unspecified atom stereocenters. The molecule has 0 radical (unpaired) electrons. The Kier molecular flexibility index (Phi) is 4.30. The number of nitro benzene ring substituents is 1. The van der Waals surface area contributed by atoms with Gasteiger partial charge >= 0.3 is 6.18 Å². The second kappa shape index (κ2) is 6.00. The number of benzene rings is 2. The van der Waals surface area contributed by atoms with Crippen LogP contribution in [0, 0.1) is 15.9 Å². The van der Waals surface area contributed by atoms with E-state index in [-0.39, 0.29) is 12.2 Å². The maximum absolute atomic E-state index is 13.0. The summed E-state index contributed by atoms with van der Waals surface area (Å²) in [6, 6.07) is 7.53. The van der Waals surface area contributed by atoms with Crippen molar-refractivity contribution in [2.45, 2.75) is 12.7 Å². The van der Waals surface area contributed by atoms with Crippen LogP contribution < -0.4 is 5.32 Å². The molecule has 0 aliphatic carbocycles. The van der Waals surface area contributed by atoms with Crippen molar-refractivity contribution in [3.63, 3.8) is 0 Å². The van der Waals surface area contributed by atoms with Gasteiger partial charge in [0.05, 0.1) is 16.6 Å². The Morgan fingerprint density at radius 2 is 1.86 bits per heavy atom. The van der Waals surface area contributed by atoms with Crippen LogP contribution in [0.25, 0.3) is 0 Å². The summed E-state index contributed by atoms with van der Waals surface area (Å²) in [5.41, 5.74) is -0.954. The van der Waals surface area contributed by atoms with Crippen LogP contribution in [0.4, 0.5) is 28.9 Å². The van der Waals surface area contributed by atoms with Gasteiger partial charge in [0.25, 0.3) is 5.69 Å². The van der Waals surface area contributed by atoms with Crippen LogP contribution in [0.2, 0.25) is 0 Å². The largest absolute Gasteiger partial charge is 0.416 e. The van der Waals surface area contributed by atoms with Crippen LogP contribution in [-0.4, -0.2) is 4.92 Å². The van der Waals surface area contributed by atoms with Crippen LogP contribution in [0.5, 0.6) is 0 Å². The lowest BCUT2D eigenvalue weighted by Gasteiger charge is -2.10. The van der Waals surface area contributed by atoms with E-state index in [0.29, 0.717) is 5.56 Å². The summed E-state index contributed by atoms with van der Waals surface area (Å²) in [5.74, 6) is -0.767. The molecule has 4 nitrogen and oxygen atoms in total. The first-order chi connectivity index (χ1) is 10.3. The Bertz CT molecular complexity index is 701. The van der Waals surface area contributed by atoms with Gasteiger partial charge in [-0.05, 0) is 29.8 Å². The molecule has 8 heteroatoms. The molecule has 1 N–H and O–H groups in total. The molecule has 0 heterocycles. The molecule has 0 aromatic heterocycles. The Morgan fingerprint density at radius 3 is 2.50 bits per heavy atom. The third-order valence-electron chi connectivity index (χ3n) is 2.89. The summed E-state index contributed by atoms with van der Waals surface area (Å²) >= 11 is 0. The van der Waals surface area contributed by atoms with Crippen molar-refractivity contribution >= 4 is 11.4 Å². The number of alkyl halides is 3. The molecule has 116 valence electrons. The van der Waals surface area contributed by atoms with Crippen molar-refractivity contribution in [3.8, 4) is 0 Å². The van der Waals surface area contributed by atoms with Crippen LogP contribution in [0.3, 0.4) is 0 Å². The van der Waals surface area contributed by atoms with Gasteiger partial charge in [0.15, 0.2) is 0 Å². The molecule has 0 atom stereocenters. The van der Waals surface area contributed by atoms with E-state index in [0.717, 1.165) is 24.3 Å². The SMILES string of the molecule is O=[N+]([O-])c1cc(F)ccc1NCc1cccc(C(F)(F)F)c1. The van der Waals surface area contributed by atoms with E-state index in [1.54, 1.807) is 0 Å². The maximum atomic E-state index is 13.0. The fraction of sp³-hybridized carbons (Fsp3) is 0.143. The molecule has 0 fully saturated rings. The molecule has 2 rings (SSSR count). The zero-order valence-electron chi connectivity index (χ0n) is 11.0. The van der Waals surface area contributed by atoms with Crippen molar-refractivity contribution < 1.29 is 22.5 Å². The van der Waals surface area contributed by atoms with Crippen molar-refractivity contribution in [3.05, 3.63) is 69.5 Å². The van der Waals surface area contributed by atoms with Gasteiger partial charge in [0.2, 0.25) is 0 Å². The van der Waals surface area contributed by atoms with E-state index >= 15 is 0 Å². The van der Waals surface area contributed by atoms with Gasteiger partial charge in [-0.2, -0.15) is 13.2 Å². The smallest absolute Gasteiger partial charge is 0.375 e. The highest BCUT2D eigenvalue weighted by molar-refractivity contribution is 5.61. The molecule has 2 aromatic rings. The highest BCUT2D eigenvalue weighted by atomic mass is 19.4. The average molecular weight is 314 g/mol. The highest BCUT2D eigenvalue weighted by Crippen LogP contribution is 2.30. The lowest BCUT2D eigenvalue weighted by Crippen LogP contribution is -2.07. The fourth-order valence-electron chi connectivity index (χ4n) is 1.86. The van der Waals surface area contributed by atoms with Crippen molar-refractivity contribution in [2.24, 2.45) is 0 Å². The maximum Gasteiger partial charge on any atom is 0.416 e. The van der Waals surface area contributed by atoms with Crippen molar-refractivity contribution in [1.29, 1.82) is 0 Å². The summed E-state index contributed by atoms with van der Waals surface area (Å²) in [7, 11) is 0. The summed E-state index contributed by atoms with van der Waals surface area (Å²) < 4.78 is 50.8. The van der Waals surface area contributed by atoms with E-state index in [9.17, 15) is 27.7 Å². The van der Waals surface area contributed by atoms with Gasteiger partial charge in [0.1, 0.15) is 11.5 Å². The van der Waals surface area contributed by atoms with Crippen LogP contribution in [0.1, 0.15) is 11.1 Å². The number of nitro groups is 1. The minimum absolute atomic E-state index is 0.0313. The average Bonchev–Trinajstić information content (AvgIpc) is 2.45. The predicted molar refractivity (Wildman–Crippen MR) is 71.8 cm³/mol. The number of nitrogens with zero attached hydrogens (tertiary/aromatic N) is 1. The fourth-order valence-corrected chi connectivity index (χ4v) is 1.86. The van der Waals surface area contributed by atoms with Crippen molar-refractivity contribution in [1.82, 2.24) is 0 Å². The number of hydrogen-bond donors (Lipinski definition) is 1. The van der Waals surface area contributed by atoms with Crippen LogP contribution >= 0.6 is 0 Å². The molecule has 0 aliphatic heterocycles. The normalized spacial score (nSPS) is 11.3. The number of hydrogen-bond acceptors (Lipinski definition) is 3. The first kappa shape index (κ1) is 15.7. The molecular weight excluding hydrogens is 304 g/mol. The summed E-state index contributed by atoms with van der Waals surface area (Å²) in [5, 5.41) is 13.5. The molecule has 2 aromatic carbocycles. The number of anilines is 1. The zero-order chi connectivity index (χ0) is 16.3. The molecule has 22 heavy (non-hydrogen) atoms. The monoisotopic (exact) mass is 314 g/mol. The van der Waals surface area contributed by atoms with Gasteiger partial charge in [-0.25, -0.2) is 4.39 Å². The van der Waals surface area contributed by atoms with Crippen molar-refractivity contribution in [2.75, 3.05) is 5.32 Å². The zero-order valence-corrected chi connectivity index (χ0v) is 11.0.